The van der Waals surface area contributed by atoms with Crippen molar-refractivity contribution in [2.45, 2.75) is 33.8 Å². The Bertz CT molecular complexity index is 1200. The zero-order valence-corrected chi connectivity index (χ0v) is 19.7. The molecule has 2 unspecified atom stereocenters. The summed E-state index contributed by atoms with van der Waals surface area (Å²) in [6.45, 7) is 4.39. The molecular weight excluding hydrogens is 456 g/mol. The monoisotopic (exact) mass is 483 g/mol. The van der Waals surface area contributed by atoms with Gasteiger partial charge in [-0.15, -0.1) is 5.10 Å². The van der Waals surface area contributed by atoms with E-state index < -0.39 is 12.5 Å². The first-order chi connectivity index (χ1) is 16.7. The van der Waals surface area contributed by atoms with E-state index in [1.807, 2.05) is 4.90 Å². The fourth-order valence-electron chi connectivity index (χ4n) is 4.51. The van der Waals surface area contributed by atoms with Crippen molar-refractivity contribution < 1.29 is 23.1 Å². The lowest BCUT2D eigenvalue weighted by atomic mass is 9.91. The number of piperidine rings is 1. The second-order valence-electron chi connectivity index (χ2n) is 8.96. The highest BCUT2D eigenvalue weighted by atomic mass is 19.3. The topological polar surface area (TPSA) is 89.4 Å². The van der Waals surface area contributed by atoms with Crippen LogP contribution in [0.2, 0.25) is 0 Å². The number of nitrogens with one attached hydrogen (secondary N) is 1. The number of anilines is 1. The van der Waals surface area contributed by atoms with E-state index >= 15 is 0 Å². The smallest absolute Gasteiger partial charge is 0.387 e. The minimum absolute atomic E-state index is 0.0123. The number of carbonyl (C=O) groups is 2. The van der Waals surface area contributed by atoms with Crippen LogP contribution >= 0.6 is 0 Å². The van der Waals surface area contributed by atoms with E-state index in [9.17, 15) is 18.4 Å². The molecule has 0 bridgehead atoms. The van der Waals surface area contributed by atoms with Crippen molar-refractivity contribution in [3.63, 3.8) is 0 Å². The number of alkyl halides is 2. The number of carbonyl (C=O) groups excluding carboxylic acids is 2. The van der Waals surface area contributed by atoms with Crippen molar-refractivity contribution in [3.8, 4) is 11.4 Å². The molecule has 2 heterocycles. The molecule has 1 aliphatic heterocycles. The summed E-state index contributed by atoms with van der Waals surface area (Å²) in [6, 6.07) is 12.7. The molecule has 1 N–H and O–H groups in total. The van der Waals surface area contributed by atoms with Crippen LogP contribution in [0.4, 0.5) is 14.5 Å². The maximum absolute atomic E-state index is 13.3. The summed E-state index contributed by atoms with van der Waals surface area (Å²) in [5.74, 6) is 0.215. The van der Waals surface area contributed by atoms with E-state index in [1.165, 1.54) is 28.9 Å². The molecule has 1 aliphatic rings. The van der Waals surface area contributed by atoms with Gasteiger partial charge in [-0.2, -0.15) is 8.78 Å². The zero-order valence-electron chi connectivity index (χ0n) is 19.7. The fraction of sp³-hybridized carbons (Fsp3) is 0.360. The van der Waals surface area contributed by atoms with Crippen LogP contribution in [0.15, 0.2) is 48.5 Å². The highest BCUT2D eigenvalue weighted by Crippen LogP contribution is 2.26. The molecule has 4 rings (SSSR count). The van der Waals surface area contributed by atoms with E-state index in [-0.39, 0.29) is 17.4 Å². The third-order valence-electron chi connectivity index (χ3n) is 5.98. The van der Waals surface area contributed by atoms with Gasteiger partial charge in [0.25, 0.3) is 11.8 Å². The van der Waals surface area contributed by atoms with Gasteiger partial charge in [0.15, 0.2) is 5.69 Å². The molecule has 2 atom stereocenters. The second-order valence-corrected chi connectivity index (χ2v) is 8.96. The van der Waals surface area contributed by atoms with E-state index in [1.54, 1.807) is 31.2 Å². The average Bonchev–Trinajstić information content (AvgIpc) is 3.20. The summed E-state index contributed by atoms with van der Waals surface area (Å²) < 4.78 is 30.5. The Kier molecular flexibility index (Phi) is 7.09. The number of rotatable bonds is 6. The van der Waals surface area contributed by atoms with Crippen LogP contribution in [0.3, 0.4) is 0 Å². The van der Waals surface area contributed by atoms with Gasteiger partial charge in [-0.1, -0.05) is 31.2 Å². The Morgan fingerprint density at radius 1 is 1.06 bits per heavy atom. The summed E-state index contributed by atoms with van der Waals surface area (Å²) in [5.41, 5.74) is 1.88. The van der Waals surface area contributed by atoms with E-state index in [4.69, 9.17) is 0 Å². The molecule has 3 aromatic rings. The molecule has 0 aliphatic carbocycles. The summed E-state index contributed by atoms with van der Waals surface area (Å²) in [6.07, 6.45) is 1.08. The van der Waals surface area contributed by atoms with Gasteiger partial charge < -0.3 is 15.0 Å². The molecule has 184 valence electrons. The number of hydrogen-bond donors (Lipinski definition) is 1. The first-order valence-corrected chi connectivity index (χ1v) is 11.4. The first kappa shape index (κ1) is 24.3. The maximum atomic E-state index is 13.3. The van der Waals surface area contributed by atoms with E-state index in [0.29, 0.717) is 47.6 Å². The van der Waals surface area contributed by atoms with Crippen molar-refractivity contribution in [1.29, 1.82) is 0 Å². The summed E-state index contributed by atoms with van der Waals surface area (Å²) in [4.78, 5) is 28.2. The Morgan fingerprint density at radius 2 is 1.71 bits per heavy atom. The van der Waals surface area contributed by atoms with Gasteiger partial charge in [0.1, 0.15) is 5.75 Å². The normalized spacial score (nSPS) is 17.9. The molecule has 8 nitrogen and oxygen atoms in total. The van der Waals surface area contributed by atoms with Crippen LogP contribution in [0, 0.1) is 18.8 Å². The highest BCUT2D eigenvalue weighted by molar-refractivity contribution is 6.08. The van der Waals surface area contributed by atoms with Crippen molar-refractivity contribution in [2.75, 3.05) is 18.4 Å². The first-order valence-electron chi connectivity index (χ1n) is 11.4. The third kappa shape index (κ3) is 5.47. The molecule has 1 saturated heterocycles. The van der Waals surface area contributed by atoms with Gasteiger partial charge >= 0.3 is 6.61 Å². The number of benzene rings is 2. The third-order valence-corrected chi connectivity index (χ3v) is 5.98. The molecule has 0 radical (unpaired) electrons. The van der Waals surface area contributed by atoms with Crippen LogP contribution in [-0.4, -0.2) is 51.4 Å². The number of ether oxygens (including phenoxy) is 1. The molecular formula is C25H27F2N5O3. The van der Waals surface area contributed by atoms with Crippen molar-refractivity contribution in [3.05, 3.63) is 65.5 Å². The van der Waals surface area contributed by atoms with Crippen LogP contribution in [0.5, 0.6) is 5.75 Å². The van der Waals surface area contributed by atoms with Crippen molar-refractivity contribution in [1.82, 2.24) is 19.9 Å². The minimum Gasteiger partial charge on any atom is -0.435 e. The molecule has 10 heteroatoms. The number of hydrogen-bond acceptors (Lipinski definition) is 5. The summed E-state index contributed by atoms with van der Waals surface area (Å²) in [7, 11) is 0. The molecule has 0 saturated carbocycles. The number of nitrogens with zero attached hydrogens (tertiary/aromatic N) is 4. The van der Waals surface area contributed by atoms with E-state index in [0.717, 1.165) is 6.42 Å². The Balaban J connectivity index is 1.52. The van der Waals surface area contributed by atoms with Gasteiger partial charge in [0.05, 0.1) is 22.6 Å². The molecule has 35 heavy (non-hydrogen) atoms. The van der Waals surface area contributed by atoms with Gasteiger partial charge in [-0.05, 0) is 61.6 Å². The predicted octanol–water partition coefficient (Wildman–Crippen LogP) is 4.55. The number of halogens is 2. The van der Waals surface area contributed by atoms with Crippen LogP contribution in [-0.2, 0) is 0 Å². The van der Waals surface area contributed by atoms with Gasteiger partial charge in [-0.3, -0.25) is 9.59 Å². The van der Waals surface area contributed by atoms with Gasteiger partial charge in [-0.25, -0.2) is 4.68 Å². The fourth-order valence-corrected chi connectivity index (χ4v) is 4.51. The quantitative estimate of drug-likeness (QED) is 0.556. The second kappa shape index (κ2) is 10.2. The standard InChI is InChI=1S/C25H27F2N5O3/c1-15-12-16(2)14-31(13-15)24(34)20-6-4-5-7-21(20)28-23(33)22-17(3)32(30-29-22)18-8-10-19(11-9-18)35-25(26)27/h4-11,15-16,25H,12-14H2,1-3H3,(H,28,33). The zero-order chi connectivity index (χ0) is 25.1. The number of aromatic nitrogens is 3. The van der Waals surface area contributed by atoms with Crippen LogP contribution < -0.4 is 10.1 Å². The van der Waals surface area contributed by atoms with Crippen LogP contribution in [0.1, 0.15) is 46.8 Å². The number of amides is 2. The van der Waals surface area contributed by atoms with Crippen LogP contribution in [0.25, 0.3) is 5.69 Å². The average molecular weight is 484 g/mol. The lowest BCUT2D eigenvalue weighted by Crippen LogP contribution is -2.42. The summed E-state index contributed by atoms with van der Waals surface area (Å²) >= 11 is 0. The highest BCUT2D eigenvalue weighted by Gasteiger charge is 2.28. The lowest BCUT2D eigenvalue weighted by Gasteiger charge is -2.35. The SMILES string of the molecule is Cc1c(C(=O)Nc2ccccc2C(=O)N2CC(C)CC(C)C2)nnn1-c1ccc(OC(F)F)cc1. The summed E-state index contributed by atoms with van der Waals surface area (Å²) in [5, 5.41) is 10.8. The lowest BCUT2D eigenvalue weighted by molar-refractivity contribution is -0.0498. The van der Waals surface area contributed by atoms with E-state index in [2.05, 4.69) is 34.2 Å². The Labute approximate surface area is 201 Å². The molecule has 1 fully saturated rings. The number of likely N-dealkylation sites (tertiary alicyclic amines) is 1. The van der Waals surface area contributed by atoms with Gasteiger partial charge in [0.2, 0.25) is 0 Å². The van der Waals surface area contributed by atoms with Crippen molar-refractivity contribution in [2.24, 2.45) is 11.8 Å². The maximum Gasteiger partial charge on any atom is 0.387 e. The molecule has 0 spiro atoms. The molecule has 2 aromatic carbocycles. The Morgan fingerprint density at radius 3 is 2.37 bits per heavy atom. The van der Waals surface area contributed by atoms with Crippen molar-refractivity contribution >= 4 is 17.5 Å². The molecule has 2 amide bonds. The number of para-hydroxylation sites is 1. The minimum atomic E-state index is -2.92. The Hall–Kier alpha value is -3.82. The molecule has 1 aromatic heterocycles. The van der Waals surface area contributed by atoms with Gasteiger partial charge in [0, 0.05) is 13.1 Å². The largest absolute Gasteiger partial charge is 0.435 e. The predicted molar refractivity (Wildman–Crippen MR) is 126 cm³/mol.